The molecule has 0 saturated heterocycles. The Bertz CT molecular complexity index is 1310. The highest BCUT2D eigenvalue weighted by Crippen LogP contribution is 2.45. The van der Waals surface area contributed by atoms with Crippen LogP contribution in [0.15, 0.2) is 33.5 Å². The van der Waals surface area contributed by atoms with Crippen molar-refractivity contribution in [2.24, 2.45) is 0 Å². The first-order valence-corrected chi connectivity index (χ1v) is 11.1. The Balaban J connectivity index is 2.00. The van der Waals surface area contributed by atoms with Gasteiger partial charge in [0.05, 0.1) is 38.3 Å². The van der Waals surface area contributed by atoms with Gasteiger partial charge in [-0.1, -0.05) is 11.6 Å². The molecule has 4 rings (SSSR count). The molecule has 0 saturated carbocycles. The molecule has 2 heterocycles. The van der Waals surface area contributed by atoms with Crippen LogP contribution >= 0.6 is 11.6 Å². The molecular formula is C25H27ClN2O6. The molecule has 0 spiro atoms. The van der Waals surface area contributed by atoms with Gasteiger partial charge in [-0.05, 0) is 56.4 Å². The van der Waals surface area contributed by atoms with Crippen molar-refractivity contribution >= 4 is 28.5 Å². The van der Waals surface area contributed by atoms with Crippen LogP contribution in [0.4, 0.5) is 0 Å². The van der Waals surface area contributed by atoms with E-state index < -0.39 is 6.04 Å². The molecule has 0 aliphatic carbocycles. The van der Waals surface area contributed by atoms with E-state index in [9.17, 15) is 9.59 Å². The van der Waals surface area contributed by atoms with Gasteiger partial charge in [-0.2, -0.15) is 0 Å². The summed E-state index contributed by atoms with van der Waals surface area (Å²) < 4.78 is 22.5. The molecule has 0 bridgehead atoms. The highest BCUT2D eigenvalue weighted by Gasteiger charge is 2.43. The van der Waals surface area contributed by atoms with Crippen molar-refractivity contribution in [3.05, 3.63) is 62.0 Å². The Morgan fingerprint density at radius 1 is 1.03 bits per heavy atom. The molecule has 1 aromatic heterocycles. The van der Waals surface area contributed by atoms with Crippen molar-refractivity contribution in [2.45, 2.75) is 13.0 Å². The Morgan fingerprint density at radius 2 is 1.68 bits per heavy atom. The van der Waals surface area contributed by atoms with Crippen LogP contribution in [0.5, 0.6) is 17.2 Å². The van der Waals surface area contributed by atoms with E-state index in [-0.39, 0.29) is 22.7 Å². The summed E-state index contributed by atoms with van der Waals surface area (Å²) in [4.78, 5) is 30.9. The van der Waals surface area contributed by atoms with E-state index in [1.54, 1.807) is 29.2 Å². The third-order valence-electron chi connectivity index (χ3n) is 6.04. The van der Waals surface area contributed by atoms with Crippen molar-refractivity contribution in [1.82, 2.24) is 9.80 Å². The van der Waals surface area contributed by atoms with Gasteiger partial charge in [0, 0.05) is 18.1 Å². The van der Waals surface area contributed by atoms with E-state index in [0.717, 1.165) is 5.56 Å². The topological polar surface area (TPSA) is 81.5 Å². The molecule has 180 valence electrons. The van der Waals surface area contributed by atoms with Gasteiger partial charge >= 0.3 is 0 Å². The molecular weight excluding hydrogens is 460 g/mol. The first kappa shape index (κ1) is 23.9. The monoisotopic (exact) mass is 486 g/mol. The normalized spacial score (nSPS) is 15.2. The van der Waals surface area contributed by atoms with Crippen LogP contribution in [0.3, 0.4) is 0 Å². The minimum Gasteiger partial charge on any atom is -0.493 e. The molecule has 34 heavy (non-hydrogen) atoms. The Kier molecular flexibility index (Phi) is 6.47. The van der Waals surface area contributed by atoms with Crippen molar-refractivity contribution in [3.8, 4) is 17.2 Å². The standard InChI is InChI=1S/C25H27ClN2O6/c1-13-9-17-15(12-16(13)26)22(29)20-21(28(8-7-27(2)3)25(30)24(20)34-17)14-10-18(31-4)23(33-6)19(11-14)32-5/h9-12,21H,7-8H2,1-6H3. The van der Waals surface area contributed by atoms with Crippen molar-refractivity contribution in [1.29, 1.82) is 0 Å². The SMILES string of the molecule is COc1cc(C2c3c(oc4cc(C)c(Cl)cc4c3=O)C(=O)N2CCN(C)C)cc(OC)c1OC. The van der Waals surface area contributed by atoms with Gasteiger partial charge in [0.25, 0.3) is 5.91 Å². The highest BCUT2D eigenvalue weighted by molar-refractivity contribution is 6.32. The fourth-order valence-electron chi connectivity index (χ4n) is 4.29. The summed E-state index contributed by atoms with van der Waals surface area (Å²) in [6.07, 6.45) is 0. The van der Waals surface area contributed by atoms with Gasteiger partial charge in [0.15, 0.2) is 16.9 Å². The maximum absolute atomic E-state index is 13.7. The van der Waals surface area contributed by atoms with Gasteiger partial charge in [-0.25, -0.2) is 0 Å². The van der Waals surface area contributed by atoms with Gasteiger partial charge in [-0.15, -0.1) is 0 Å². The molecule has 1 atom stereocenters. The third kappa shape index (κ3) is 3.86. The van der Waals surface area contributed by atoms with Crippen LogP contribution in [-0.2, 0) is 0 Å². The maximum Gasteiger partial charge on any atom is 0.290 e. The van der Waals surface area contributed by atoms with E-state index in [2.05, 4.69) is 0 Å². The molecule has 0 radical (unpaired) electrons. The second-order valence-electron chi connectivity index (χ2n) is 8.43. The molecule has 8 nitrogen and oxygen atoms in total. The molecule has 0 N–H and O–H groups in total. The van der Waals surface area contributed by atoms with Gasteiger partial charge in [0.2, 0.25) is 11.5 Å². The first-order valence-electron chi connectivity index (χ1n) is 10.7. The van der Waals surface area contributed by atoms with Crippen LogP contribution in [0.2, 0.25) is 5.02 Å². The molecule has 1 aliphatic rings. The molecule has 1 unspecified atom stereocenters. The Morgan fingerprint density at radius 3 is 2.24 bits per heavy atom. The number of methoxy groups -OCH3 is 3. The van der Waals surface area contributed by atoms with Crippen LogP contribution in [0.1, 0.15) is 33.3 Å². The average molecular weight is 487 g/mol. The number of ether oxygens (including phenoxy) is 3. The lowest BCUT2D eigenvalue weighted by Crippen LogP contribution is -2.35. The summed E-state index contributed by atoms with van der Waals surface area (Å²) in [6.45, 7) is 2.80. The number of hydrogen-bond donors (Lipinski definition) is 0. The summed E-state index contributed by atoms with van der Waals surface area (Å²) in [5.74, 6) is 0.966. The zero-order valence-corrected chi connectivity index (χ0v) is 20.8. The molecule has 3 aromatic rings. The van der Waals surface area contributed by atoms with Crippen molar-refractivity contribution in [2.75, 3.05) is 48.5 Å². The van der Waals surface area contributed by atoms with Crippen LogP contribution in [0.25, 0.3) is 11.0 Å². The van der Waals surface area contributed by atoms with E-state index in [1.807, 2.05) is 25.9 Å². The molecule has 0 fully saturated rings. The minimum absolute atomic E-state index is 0.0386. The maximum atomic E-state index is 13.7. The molecule has 1 aliphatic heterocycles. The molecule has 2 aromatic carbocycles. The quantitative estimate of drug-likeness (QED) is 0.501. The fourth-order valence-corrected chi connectivity index (χ4v) is 4.45. The number of carbonyl (C=O) groups excluding carboxylic acids is 1. The number of likely N-dealkylation sites (N-methyl/N-ethyl adjacent to an activating group) is 1. The summed E-state index contributed by atoms with van der Waals surface area (Å²) in [7, 11) is 8.40. The second kappa shape index (κ2) is 9.19. The highest BCUT2D eigenvalue weighted by atomic mass is 35.5. The number of rotatable bonds is 7. The number of halogens is 1. The zero-order valence-electron chi connectivity index (χ0n) is 20.0. The zero-order chi connectivity index (χ0) is 24.7. The lowest BCUT2D eigenvalue weighted by Gasteiger charge is -2.27. The summed E-state index contributed by atoms with van der Waals surface area (Å²) in [5, 5.41) is 0.784. The minimum atomic E-state index is -0.697. The lowest BCUT2D eigenvalue weighted by atomic mass is 9.97. The largest absolute Gasteiger partial charge is 0.493 e. The molecule has 9 heteroatoms. The first-order chi connectivity index (χ1) is 16.2. The van der Waals surface area contributed by atoms with Crippen LogP contribution in [0, 0.1) is 6.92 Å². The number of nitrogens with zero attached hydrogens (tertiary/aromatic N) is 2. The third-order valence-corrected chi connectivity index (χ3v) is 6.45. The predicted molar refractivity (Wildman–Crippen MR) is 130 cm³/mol. The van der Waals surface area contributed by atoms with E-state index >= 15 is 0 Å². The van der Waals surface area contributed by atoms with Gasteiger partial charge in [-0.3, -0.25) is 9.59 Å². The molecule has 1 amide bonds. The smallest absolute Gasteiger partial charge is 0.290 e. The van der Waals surface area contributed by atoms with Gasteiger partial charge in [0.1, 0.15) is 5.58 Å². The number of benzene rings is 2. The van der Waals surface area contributed by atoms with Crippen molar-refractivity contribution < 1.29 is 23.4 Å². The van der Waals surface area contributed by atoms with Gasteiger partial charge < -0.3 is 28.4 Å². The van der Waals surface area contributed by atoms with E-state index in [1.165, 1.54) is 21.3 Å². The summed E-state index contributed by atoms with van der Waals surface area (Å²) >= 11 is 6.31. The number of carbonyl (C=O) groups is 1. The Hall–Kier alpha value is -3.23. The van der Waals surface area contributed by atoms with E-state index in [0.29, 0.717) is 51.9 Å². The number of amides is 1. The lowest BCUT2D eigenvalue weighted by molar-refractivity contribution is 0.0716. The Labute approximate surface area is 202 Å². The average Bonchev–Trinajstić information content (AvgIpc) is 3.09. The van der Waals surface area contributed by atoms with Crippen LogP contribution < -0.4 is 19.6 Å². The fraction of sp³-hybridized carbons (Fsp3) is 0.360. The summed E-state index contributed by atoms with van der Waals surface area (Å²) in [5.41, 5.74) is 1.71. The van der Waals surface area contributed by atoms with Crippen molar-refractivity contribution in [3.63, 3.8) is 0 Å². The number of hydrogen-bond acceptors (Lipinski definition) is 7. The number of fused-ring (bicyclic) bond motifs is 2. The van der Waals surface area contributed by atoms with E-state index in [4.69, 9.17) is 30.2 Å². The predicted octanol–water partition coefficient (Wildman–Crippen LogP) is 3.89. The number of aryl methyl sites for hydroxylation is 1. The second-order valence-corrected chi connectivity index (χ2v) is 8.84. The summed E-state index contributed by atoms with van der Waals surface area (Å²) in [6, 6.07) is 6.09. The van der Waals surface area contributed by atoms with Crippen LogP contribution in [-0.4, -0.2) is 64.2 Å².